The van der Waals surface area contributed by atoms with Crippen LogP contribution in [0.3, 0.4) is 0 Å². The third-order valence-electron chi connectivity index (χ3n) is 3.04. The molecule has 112 valence electrons. The SMILES string of the molecule is CCCNc1cccc(COCc2ccc(OC)cc2)n1. The molecule has 1 N–H and O–H groups in total. The van der Waals surface area contributed by atoms with Crippen molar-refractivity contribution in [3.8, 4) is 5.75 Å². The molecule has 0 radical (unpaired) electrons. The van der Waals surface area contributed by atoms with E-state index in [0.29, 0.717) is 13.2 Å². The third kappa shape index (κ3) is 5.08. The summed E-state index contributed by atoms with van der Waals surface area (Å²) in [7, 11) is 1.66. The van der Waals surface area contributed by atoms with E-state index < -0.39 is 0 Å². The molecule has 0 aliphatic rings. The molecule has 1 aromatic carbocycles. The maximum Gasteiger partial charge on any atom is 0.126 e. The lowest BCUT2D eigenvalue weighted by Gasteiger charge is -2.08. The summed E-state index contributed by atoms with van der Waals surface area (Å²) in [6, 6.07) is 13.8. The van der Waals surface area contributed by atoms with Gasteiger partial charge < -0.3 is 14.8 Å². The molecule has 0 spiro atoms. The van der Waals surface area contributed by atoms with Crippen LogP contribution in [0.1, 0.15) is 24.6 Å². The van der Waals surface area contributed by atoms with Crippen molar-refractivity contribution in [3.63, 3.8) is 0 Å². The Morgan fingerprint density at radius 2 is 1.86 bits per heavy atom. The standard InChI is InChI=1S/C17H22N2O2/c1-3-11-18-17-6-4-5-15(19-17)13-21-12-14-7-9-16(20-2)10-8-14/h4-10H,3,11-13H2,1-2H3,(H,18,19). The van der Waals surface area contributed by atoms with E-state index in [2.05, 4.69) is 17.2 Å². The zero-order valence-electron chi connectivity index (χ0n) is 12.6. The highest BCUT2D eigenvalue weighted by Crippen LogP contribution is 2.13. The highest BCUT2D eigenvalue weighted by atomic mass is 16.5. The Balaban J connectivity index is 1.82. The summed E-state index contributed by atoms with van der Waals surface area (Å²) < 4.78 is 10.8. The van der Waals surface area contributed by atoms with Crippen LogP contribution in [0.5, 0.6) is 5.75 Å². The molecule has 0 amide bonds. The maximum absolute atomic E-state index is 5.71. The van der Waals surface area contributed by atoms with Crippen molar-refractivity contribution >= 4 is 5.82 Å². The fraction of sp³-hybridized carbons (Fsp3) is 0.353. The average molecular weight is 286 g/mol. The van der Waals surface area contributed by atoms with E-state index in [4.69, 9.17) is 9.47 Å². The van der Waals surface area contributed by atoms with Crippen LogP contribution >= 0.6 is 0 Å². The largest absolute Gasteiger partial charge is 0.497 e. The number of methoxy groups -OCH3 is 1. The number of hydrogen-bond acceptors (Lipinski definition) is 4. The summed E-state index contributed by atoms with van der Waals surface area (Å²) in [6.45, 7) is 4.14. The smallest absolute Gasteiger partial charge is 0.126 e. The summed E-state index contributed by atoms with van der Waals surface area (Å²) in [6.07, 6.45) is 1.08. The third-order valence-corrected chi connectivity index (χ3v) is 3.04. The van der Waals surface area contributed by atoms with E-state index in [1.807, 2.05) is 42.5 Å². The second-order valence-electron chi connectivity index (χ2n) is 4.78. The molecule has 4 nitrogen and oxygen atoms in total. The van der Waals surface area contributed by atoms with Crippen LogP contribution in [0.4, 0.5) is 5.82 Å². The molecular formula is C17H22N2O2. The minimum Gasteiger partial charge on any atom is -0.497 e. The van der Waals surface area contributed by atoms with Crippen molar-refractivity contribution in [2.45, 2.75) is 26.6 Å². The van der Waals surface area contributed by atoms with Gasteiger partial charge in [0.25, 0.3) is 0 Å². The molecule has 0 bridgehead atoms. The molecule has 2 aromatic rings. The van der Waals surface area contributed by atoms with Gasteiger partial charge in [0, 0.05) is 6.54 Å². The van der Waals surface area contributed by atoms with E-state index in [1.54, 1.807) is 7.11 Å². The lowest BCUT2D eigenvalue weighted by atomic mass is 10.2. The maximum atomic E-state index is 5.71. The number of benzene rings is 1. The Morgan fingerprint density at radius 1 is 1.05 bits per heavy atom. The van der Waals surface area contributed by atoms with Gasteiger partial charge in [0.1, 0.15) is 11.6 Å². The summed E-state index contributed by atoms with van der Waals surface area (Å²) in [5.41, 5.74) is 2.06. The lowest BCUT2D eigenvalue weighted by molar-refractivity contribution is 0.104. The molecule has 0 unspecified atom stereocenters. The molecule has 4 heteroatoms. The van der Waals surface area contributed by atoms with Crippen molar-refractivity contribution in [1.82, 2.24) is 4.98 Å². The van der Waals surface area contributed by atoms with Crippen molar-refractivity contribution in [2.75, 3.05) is 19.0 Å². The van der Waals surface area contributed by atoms with E-state index in [1.165, 1.54) is 0 Å². The molecule has 0 aliphatic heterocycles. The van der Waals surface area contributed by atoms with Crippen LogP contribution in [-0.4, -0.2) is 18.6 Å². The van der Waals surface area contributed by atoms with E-state index in [0.717, 1.165) is 35.8 Å². The van der Waals surface area contributed by atoms with Gasteiger partial charge in [-0.2, -0.15) is 0 Å². The second-order valence-corrected chi connectivity index (χ2v) is 4.78. The average Bonchev–Trinajstić information content (AvgIpc) is 2.54. The van der Waals surface area contributed by atoms with Crippen LogP contribution in [0.15, 0.2) is 42.5 Å². The predicted molar refractivity (Wildman–Crippen MR) is 84.5 cm³/mol. The fourth-order valence-corrected chi connectivity index (χ4v) is 1.91. The van der Waals surface area contributed by atoms with Gasteiger partial charge in [-0.25, -0.2) is 4.98 Å². The monoisotopic (exact) mass is 286 g/mol. The number of pyridine rings is 1. The lowest BCUT2D eigenvalue weighted by Crippen LogP contribution is -2.04. The number of nitrogens with zero attached hydrogens (tertiary/aromatic N) is 1. The van der Waals surface area contributed by atoms with Gasteiger partial charge in [-0.3, -0.25) is 0 Å². The Morgan fingerprint density at radius 3 is 2.57 bits per heavy atom. The molecular weight excluding hydrogens is 264 g/mol. The minimum atomic E-state index is 0.508. The quantitative estimate of drug-likeness (QED) is 0.804. The Hall–Kier alpha value is -2.07. The van der Waals surface area contributed by atoms with E-state index in [-0.39, 0.29) is 0 Å². The van der Waals surface area contributed by atoms with Gasteiger partial charge in [0.15, 0.2) is 0 Å². The van der Waals surface area contributed by atoms with Crippen molar-refractivity contribution < 1.29 is 9.47 Å². The van der Waals surface area contributed by atoms with Crippen LogP contribution in [0, 0.1) is 0 Å². The summed E-state index contributed by atoms with van der Waals surface area (Å²) in [5, 5.41) is 3.27. The molecule has 0 aliphatic carbocycles. The normalized spacial score (nSPS) is 10.4. The van der Waals surface area contributed by atoms with Crippen molar-refractivity contribution in [1.29, 1.82) is 0 Å². The van der Waals surface area contributed by atoms with Crippen LogP contribution in [-0.2, 0) is 18.0 Å². The van der Waals surface area contributed by atoms with Gasteiger partial charge in [-0.15, -0.1) is 0 Å². The van der Waals surface area contributed by atoms with E-state index >= 15 is 0 Å². The van der Waals surface area contributed by atoms with Crippen LogP contribution < -0.4 is 10.1 Å². The van der Waals surface area contributed by atoms with Gasteiger partial charge in [0.2, 0.25) is 0 Å². The summed E-state index contributed by atoms with van der Waals surface area (Å²) in [5.74, 6) is 1.76. The number of nitrogens with one attached hydrogen (secondary N) is 1. The molecule has 0 saturated carbocycles. The van der Waals surface area contributed by atoms with Crippen LogP contribution in [0.2, 0.25) is 0 Å². The minimum absolute atomic E-state index is 0.508. The molecule has 1 heterocycles. The summed E-state index contributed by atoms with van der Waals surface area (Å²) in [4.78, 5) is 4.51. The number of ether oxygens (including phenoxy) is 2. The molecule has 2 rings (SSSR count). The highest BCUT2D eigenvalue weighted by Gasteiger charge is 1.99. The molecule has 21 heavy (non-hydrogen) atoms. The molecule has 1 aromatic heterocycles. The van der Waals surface area contributed by atoms with Crippen molar-refractivity contribution in [3.05, 3.63) is 53.7 Å². The topological polar surface area (TPSA) is 43.4 Å². The molecule has 0 saturated heterocycles. The number of hydrogen-bond donors (Lipinski definition) is 1. The first kappa shape index (κ1) is 15.3. The zero-order chi connectivity index (χ0) is 14.9. The highest BCUT2D eigenvalue weighted by molar-refractivity contribution is 5.35. The van der Waals surface area contributed by atoms with Gasteiger partial charge >= 0.3 is 0 Å². The summed E-state index contributed by atoms with van der Waals surface area (Å²) >= 11 is 0. The second kappa shape index (κ2) is 8.27. The zero-order valence-corrected chi connectivity index (χ0v) is 12.6. The number of aromatic nitrogens is 1. The molecule has 0 atom stereocenters. The Labute approximate surface area is 126 Å². The Bertz CT molecular complexity index is 541. The van der Waals surface area contributed by atoms with Gasteiger partial charge in [0.05, 0.1) is 26.0 Å². The van der Waals surface area contributed by atoms with Crippen LogP contribution in [0.25, 0.3) is 0 Å². The Kier molecular flexibility index (Phi) is 6.03. The molecule has 0 fully saturated rings. The number of rotatable bonds is 8. The predicted octanol–water partition coefficient (Wildman–Crippen LogP) is 3.63. The number of anilines is 1. The first-order valence-electron chi connectivity index (χ1n) is 7.22. The van der Waals surface area contributed by atoms with Crippen molar-refractivity contribution in [2.24, 2.45) is 0 Å². The first-order valence-corrected chi connectivity index (χ1v) is 7.22. The van der Waals surface area contributed by atoms with Gasteiger partial charge in [-0.05, 0) is 36.2 Å². The van der Waals surface area contributed by atoms with E-state index in [9.17, 15) is 0 Å². The van der Waals surface area contributed by atoms with Gasteiger partial charge in [-0.1, -0.05) is 25.1 Å². The first-order chi connectivity index (χ1) is 10.3. The fourth-order valence-electron chi connectivity index (χ4n) is 1.91.